The van der Waals surface area contributed by atoms with Crippen LogP contribution >= 0.6 is 27.5 Å². The SMILES string of the molecule is CC(C)C[C@@H]1NC(=O)[C@@H](N(C)C(=O)[C@@H](NC(=O)OC(C)(C)C)C2CC2)CC/C=C\CCCNC(=O)[C@H](Cc2cc(Cl)ccc2Br)N(C)C1=O. The van der Waals surface area contributed by atoms with E-state index >= 15 is 0 Å². The minimum atomic E-state index is -0.954. The highest BCUT2D eigenvalue weighted by atomic mass is 79.9. The van der Waals surface area contributed by atoms with Crippen molar-refractivity contribution in [3.05, 3.63) is 45.4 Å². The van der Waals surface area contributed by atoms with E-state index in [0.717, 1.165) is 22.9 Å². The van der Waals surface area contributed by atoms with Crippen LogP contribution in [0.15, 0.2) is 34.8 Å². The number of nitrogens with one attached hydrogen (secondary N) is 3. The predicted molar refractivity (Wildman–Crippen MR) is 194 cm³/mol. The molecule has 0 bridgehead atoms. The highest BCUT2D eigenvalue weighted by molar-refractivity contribution is 9.10. The van der Waals surface area contributed by atoms with Crippen LogP contribution in [0.2, 0.25) is 5.02 Å². The molecule has 1 aromatic rings. The average Bonchev–Trinajstić information content (AvgIpc) is 3.85. The zero-order valence-corrected chi connectivity index (χ0v) is 32.2. The van der Waals surface area contributed by atoms with Gasteiger partial charge in [-0.15, -0.1) is 0 Å². The lowest BCUT2D eigenvalue weighted by Gasteiger charge is -2.34. The van der Waals surface area contributed by atoms with Crippen LogP contribution in [-0.2, 0) is 30.3 Å². The van der Waals surface area contributed by atoms with Crippen molar-refractivity contribution in [3.63, 3.8) is 0 Å². The fourth-order valence-corrected chi connectivity index (χ4v) is 6.43. The molecular weight excluding hydrogens is 714 g/mol. The molecule has 2 aliphatic rings. The van der Waals surface area contributed by atoms with E-state index in [9.17, 15) is 24.0 Å². The molecule has 1 saturated carbocycles. The molecule has 11 nitrogen and oxygen atoms in total. The van der Waals surface area contributed by atoms with Gasteiger partial charge >= 0.3 is 6.09 Å². The number of halogens is 2. The second-order valence-corrected chi connectivity index (χ2v) is 15.8. The molecule has 0 spiro atoms. The molecule has 1 aliphatic heterocycles. The van der Waals surface area contributed by atoms with Crippen LogP contribution in [0.25, 0.3) is 0 Å². The summed E-state index contributed by atoms with van der Waals surface area (Å²) in [6.07, 6.45) is 7.56. The Hall–Kier alpha value is -3.12. The third-order valence-electron chi connectivity index (χ3n) is 8.63. The van der Waals surface area contributed by atoms with Gasteiger partial charge < -0.3 is 30.5 Å². The molecule has 1 heterocycles. The molecule has 0 unspecified atom stereocenters. The predicted octanol–water partition coefficient (Wildman–Crippen LogP) is 5.38. The molecule has 0 saturated heterocycles. The summed E-state index contributed by atoms with van der Waals surface area (Å²) in [6.45, 7) is 9.58. The lowest BCUT2D eigenvalue weighted by Crippen LogP contribution is -2.59. The highest BCUT2D eigenvalue weighted by Gasteiger charge is 2.42. The number of hydrogen-bond donors (Lipinski definition) is 3. The number of carbonyl (C=O) groups excluding carboxylic acids is 5. The van der Waals surface area contributed by atoms with Gasteiger partial charge in [0, 0.05) is 36.6 Å². The van der Waals surface area contributed by atoms with Gasteiger partial charge in [-0.25, -0.2) is 4.79 Å². The van der Waals surface area contributed by atoms with Crippen molar-refractivity contribution in [1.29, 1.82) is 0 Å². The number of carbonyl (C=O) groups is 5. The van der Waals surface area contributed by atoms with Gasteiger partial charge in [-0.1, -0.05) is 53.5 Å². The van der Waals surface area contributed by atoms with Crippen LogP contribution in [0, 0.1) is 11.8 Å². The number of amides is 5. The third-order valence-corrected chi connectivity index (χ3v) is 9.64. The van der Waals surface area contributed by atoms with Crippen molar-refractivity contribution in [2.45, 2.75) is 116 Å². The molecule has 272 valence electrons. The number of nitrogens with zero attached hydrogens (tertiary/aromatic N) is 2. The first-order chi connectivity index (χ1) is 23.0. The molecule has 5 amide bonds. The summed E-state index contributed by atoms with van der Waals surface area (Å²) in [5.41, 5.74) is 0.0251. The maximum Gasteiger partial charge on any atom is 0.408 e. The van der Waals surface area contributed by atoms with Crippen molar-refractivity contribution in [2.24, 2.45) is 11.8 Å². The summed E-state index contributed by atoms with van der Waals surface area (Å²) in [4.78, 5) is 71.3. The van der Waals surface area contributed by atoms with Gasteiger partial charge in [0.1, 0.15) is 29.8 Å². The molecule has 1 fully saturated rings. The Bertz CT molecular complexity index is 1380. The van der Waals surface area contributed by atoms with Gasteiger partial charge in [0.15, 0.2) is 0 Å². The lowest BCUT2D eigenvalue weighted by atomic mass is 9.98. The van der Waals surface area contributed by atoms with E-state index in [2.05, 4.69) is 31.9 Å². The third kappa shape index (κ3) is 12.6. The summed E-state index contributed by atoms with van der Waals surface area (Å²) in [7, 11) is 3.14. The number of likely N-dealkylation sites (N-methyl/N-ethyl adjacent to an activating group) is 2. The number of alkyl carbamates (subject to hydrolysis) is 1. The van der Waals surface area contributed by atoms with Gasteiger partial charge in [-0.3, -0.25) is 19.2 Å². The molecule has 1 aliphatic carbocycles. The summed E-state index contributed by atoms with van der Waals surface area (Å²) < 4.78 is 6.19. The second-order valence-electron chi connectivity index (χ2n) is 14.5. The molecule has 3 rings (SSSR count). The summed E-state index contributed by atoms with van der Waals surface area (Å²) in [6, 6.07) is 1.71. The van der Waals surface area contributed by atoms with Crippen molar-refractivity contribution in [1.82, 2.24) is 25.8 Å². The van der Waals surface area contributed by atoms with E-state index in [1.807, 2.05) is 26.0 Å². The van der Waals surface area contributed by atoms with Crippen molar-refractivity contribution < 1.29 is 28.7 Å². The quantitative estimate of drug-likeness (QED) is 0.304. The Morgan fingerprint density at radius 2 is 1.78 bits per heavy atom. The van der Waals surface area contributed by atoms with Crippen LogP contribution in [0.1, 0.15) is 85.1 Å². The first-order valence-corrected chi connectivity index (χ1v) is 18.4. The average molecular weight is 767 g/mol. The zero-order valence-electron chi connectivity index (χ0n) is 29.8. The van der Waals surface area contributed by atoms with Crippen molar-refractivity contribution in [2.75, 3.05) is 20.6 Å². The highest BCUT2D eigenvalue weighted by Crippen LogP contribution is 2.34. The molecule has 1 aromatic carbocycles. The summed E-state index contributed by atoms with van der Waals surface area (Å²) in [5.74, 6) is -1.61. The van der Waals surface area contributed by atoms with E-state index in [1.165, 1.54) is 9.80 Å². The Balaban J connectivity index is 1.93. The molecule has 13 heteroatoms. The molecule has 49 heavy (non-hydrogen) atoms. The van der Waals surface area contributed by atoms with E-state index in [0.29, 0.717) is 43.7 Å². The minimum Gasteiger partial charge on any atom is -0.444 e. The fraction of sp³-hybridized carbons (Fsp3) is 0.639. The minimum absolute atomic E-state index is 0.0283. The number of ether oxygens (including phenoxy) is 1. The molecule has 3 N–H and O–H groups in total. The smallest absolute Gasteiger partial charge is 0.408 e. The molecule has 0 radical (unpaired) electrons. The zero-order chi connectivity index (χ0) is 36.5. The van der Waals surface area contributed by atoms with Gasteiger partial charge in [-0.2, -0.15) is 0 Å². The number of rotatable bonds is 8. The maximum atomic E-state index is 14.2. The Morgan fingerprint density at radius 3 is 2.41 bits per heavy atom. The first-order valence-electron chi connectivity index (χ1n) is 17.2. The summed E-state index contributed by atoms with van der Waals surface area (Å²) >= 11 is 9.83. The molecule has 0 aromatic heterocycles. The fourth-order valence-electron chi connectivity index (χ4n) is 5.83. The Labute approximate surface area is 304 Å². The van der Waals surface area contributed by atoms with E-state index in [-0.39, 0.29) is 30.1 Å². The van der Waals surface area contributed by atoms with Crippen LogP contribution in [0.3, 0.4) is 0 Å². The van der Waals surface area contributed by atoms with Crippen LogP contribution in [0.4, 0.5) is 4.79 Å². The van der Waals surface area contributed by atoms with Gasteiger partial charge in [0.2, 0.25) is 23.6 Å². The second kappa shape index (κ2) is 18.2. The number of hydrogen-bond acceptors (Lipinski definition) is 6. The van der Waals surface area contributed by atoms with Gasteiger partial charge in [-0.05, 0) is 101 Å². The Kier molecular flexibility index (Phi) is 15.0. The number of allylic oxidation sites excluding steroid dienone is 2. The largest absolute Gasteiger partial charge is 0.444 e. The maximum absolute atomic E-state index is 14.2. The van der Waals surface area contributed by atoms with Gasteiger partial charge in [0.25, 0.3) is 0 Å². The Morgan fingerprint density at radius 1 is 1.10 bits per heavy atom. The topological polar surface area (TPSA) is 137 Å². The normalized spacial score (nSPS) is 22.9. The van der Waals surface area contributed by atoms with E-state index < -0.39 is 47.7 Å². The van der Waals surface area contributed by atoms with E-state index in [1.54, 1.807) is 53.1 Å². The standard InChI is InChI=1S/C36H53BrClN5O6/c1-22(2)19-27-33(46)43(7)29(21-24-20-25(38)16-17-26(24)37)31(44)39-18-12-10-8-9-11-13-28(32(45)40-27)42(6)34(47)30(23-14-15-23)41-35(48)49-36(3,4)5/h8-9,16-17,20,22-23,27-30H,10-15,18-19,21H2,1-7H3,(H,39,44)(H,40,45)(H,41,48)/b9-8-/t27-,28-,29-,30-/m0/s1. The van der Waals surface area contributed by atoms with Crippen LogP contribution < -0.4 is 16.0 Å². The first kappa shape index (κ1) is 40.3. The monoisotopic (exact) mass is 765 g/mol. The van der Waals surface area contributed by atoms with Crippen molar-refractivity contribution >= 4 is 57.3 Å². The van der Waals surface area contributed by atoms with Crippen LogP contribution in [0.5, 0.6) is 0 Å². The number of benzene rings is 1. The van der Waals surface area contributed by atoms with Crippen LogP contribution in [-0.4, -0.2) is 89.9 Å². The van der Waals surface area contributed by atoms with Crippen molar-refractivity contribution in [3.8, 4) is 0 Å². The summed E-state index contributed by atoms with van der Waals surface area (Å²) in [5, 5.41) is 9.18. The molecular formula is C36H53BrClN5O6. The molecule has 4 atom stereocenters. The van der Waals surface area contributed by atoms with E-state index in [4.69, 9.17) is 16.3 Å². The van der Waals surface area contributed by atoms with Gasteiger partial charge in [0.05, 0.1) is 0 Å². The lowest BCUT2D eigenvalue weighted by molar-refractivity contribution is -0.145.